The third-order valence-corrected chi connectivity index (χ3v) is 4.71. The van der Waals surface area contributed by atoms with Crippen LogP contribution in [-0.4, -0.2) is 21.7 Å². The minimum atomic E-state index is 0.200. The van der Waals surface area contributed by atoms with Crippen LogP contribution in [0.15, 0.2) is 16.5 Å². The fraction of sp³-hybridized carbons (Fsp3) is 0.611. The molecule has 1 fully saturated rings. The molecule has 1 aliphatic heterocycles. The van der Waals surface area contributed by atoms with Gasteiger partial charge in [0.1, 0.15) is 11.5 Å². The summed E-state index contributed by atoms with van der Waals surface area (Å²) in [5, 5.41) is 8.82. The van der Waals surface area contributed by atoms with Gasteiger partial charge in [-0.3, -0.25) is 0 Å². The molecule has 1 aliphatic rings. The van der Waals surface area contributed by atoms with Crippen molar-refractivity contribution in [2.45, 2.75) is 59.4 Å². The summed E-state index contributed by atoms with van der Waals surface area (Å²) in [5.74, 6) is 3.38. The van der Waals surface area contributed by atoms with Crippen molar-refractivity contribution in [3.63, 3.8) is 0 Å². The molecule has 0 amide bonds. The van der Waals surface area contributed by atoms with E-state index >= 15 is 0 Å². The first-order valence-electron chi connectivity index (χ1n) is 8.67. The predicted octanol–water partition coefficient (Wildman–Crippen LogP) is 3.88. The average molecular weight is 314 g/mol. The lowest BCUT2D eigenvalue weighted by Gasteiger charge is -2.37. The Morgan fingerprint density at radius 3 is 2.61 bits per heavy atom. The van der Waals surface area contributed by atoms with Crippen molar-refractivity contribution in [1.82, 2.24) is 15.2 Å². The second-order valence-corrected chi connectivity index (χ2v) is 6.50. The predicted molar refractivity (Wildman–Crippen MR) is 90.5 cm³/mol. The van der Waals surface area contributed by atoms with Crippen LogP contribution in [0.4, 0.5) is 5.95 Å². The molecule has 1 saturated heterocycles. The lowest BCUT2D eigenvalue weighted by atomic mass is 9.91. The van der Waals surface area contributed by atoms with Gasteiger partial charge < -0.3 is 9.32 Å². The summed E-state index contributed by atoms with van der Waals surface area (Å²) in [6.45, 7) is 9.46. The Morgan fingerprint density at radius 2 is 1.96 bits per heavy atom. The van der Waals surface area contributed by atoms with E-state index in [4.69, 9.17) is 9.40 Å². The number of nitrogens with zero attached hydrogens (tertiary/aromatic N) is 4. The van der Waals surface area contributed by atoms with Gasteiger partial charge >= 0.3 is 0 Å². The summed E-state index contributed by atoms with van der Waals surface area (Å²) in [7, 11) is 0. The van der Waals surface area contributed by atoms with Crippen LogP contribution in [0.1, 0.15) is 62.6 Å². The third-order valence-electron chi connectivity index (χ3n) is 4.71. The molecule has 124 valence electrons. The highest BCUT2D eigenvalue weighted by Gasteiger charge is 2.32. The van der Waals surface area contributed by atoms with Crippen LogP contribution < -0.4 is 4.90 Å². The Morgan fingerprint density at radius 1 is 1.17 bits per heavy atom. The molecule has 0 bridgehead atoms. The fourth-order valence-corrected chi connectivity index (χ4v) is 3.33. The molecule has 2 aromatic heterocycles. The lowest BCUT2D eigenvalue weighted by molar-refractivity contribution is 0.320. The van der Waals surface area contributed by atoms with E-state index < -0.39 is 0 Å². The molecule has 0 N–H and O–H groups in total. The molecule has 3 heterocycles. The second-order valence-electron chi connectivity index (χ2n) is 6.50. The normalized spacial score (nSPS) is 21.7. The van der Waals surface area contributed by atoms with Gasteiger partial charge in [0, 0.05) is 6.54 Å². The highest BCUT2D eigenvalue weighted by atomic mass is 16.3. The number of hydrogen-bond acceptors (Lipinski definition) is 5. The number of anilines is 1. The molecule has 0 spiro atoms. The van der Waals surface area contributed by atoms with Gasteiger partial charge in [-0.05, 0) is 50.7 Å². The highest BCUT2D eigenvalue weighted by Crippen LogP contribution is 2.36. The molecular formula is C18H26N4O. The van der Waals surface area contributed by atoms with Crippen LogP contribution in [0.2, 0.25) is 0 Å². The zero-order chi connectivity index (χ0) is 16.4. The van der Waals surface area contributed by atoms with E-state index in [0.717, 1.165) is 61.1 Å². The minimum absolute atomic E-state index is 0.200. The zero-order valence-electron chi connectivity index (χ0n) is 14.5. The number of hydrogen-bond donors (Lipinski definition) is 0. The first-order valence-corrected chi connectivity index (χ1v) is 8.67. The molecule has 2 unspecified atom stereocenters. The van der Waals surface area contributed by atoms with Crippen LogP contribution >= 0.6 is 0 Å². The smallest absolute Gasteiger partial charge is 0.246 e. The Kier molecular flexibility index (Phi) is 4.64. The van der Waals surface area contributed by atoms with Gasteiger partial charge in [-0.2, -0.15) is 5.10 Å². The number of piperidine rings is 1. The molecule has 0 aliphatic carbocycles. The second kappa shape index (κ2) is 6.69. The van der Waals surface area contributed by atoms with Crippen molar-refractivity contribution in [3.8, 4) is 0 Å². The molecule has 0 saturated carbocycles. The number of aromatic nitrogens is 3. The van der Waals surface area contributed by atoms with Gasteiger partial charge in [0.25, 0.3) is 0 Å². The van der Waals surface area contributed by atoms with Crippen LogP contribution in [-0.2, 0) is 12.8 Å². The largest absolute Gasteiger partial charge is 0.464 e. The number of aryl methyl sites for hydroxylation is 3. The van der Waals surface area contributed by atoms with Gasteiger partial charge in [-0.25, -0.2) is 4.98 Å². The van der Waals surface area contributed by atoms with Crippen LogP contribution in [0, 0.1) is 12.8 Å². The van der Waals surface area contributed by atoms with Crippen molar-refractivity contribution in [3.05, 3.63) is 35.0 Å². The molecular weight excluding hydrogens is 288 g/mol. The van der Waals surface area contributed by atoms with E-state index in [1.807, 2.05) is 13.0 Å². The number of rotatable bonds is 4. The van der Waals surface area contributed by atoms with Gasteiger partial charge in [-0.1, -0.05) is 20.8 Å². The molecule has 2 aromatic rings. The summed E-state index contributed by atoms with van der Waals surface area (Å²) < 4.78 is 5.91. The summed E-state index contributed by atoms with van der Waals surface area (Å²) >= 11 is 0. The Balaban J connectivity index is 1.95. The molecule has 23 heavy (non-hydrogen) atoms. The van der Waals surface area contributed by atoms with Crippen molar-refractivity contribution in [2.75, 3.05) is 11.4 Å². The van der Waals surface area contributed by atoms with E-state index in [0.29, 0.717) is 5.92 Å². The SMILES string of the molecule is CCc1nnc(N2CCC(C)CC2c2ccc(C)o2)nc1CC. The van der Waals surface area contributed by atoms with E-state index in [1.54, 1.807) is 0 Å². The van der Waals surface area contributed by atoms with E-state index in [9.17, 15) is 0 Å². The molecule has 0 radical (unpaired) electrons. The summed E-state index contributed by atoms with van der Waals surface area (Å²) in [6, 6.07) is 4.31. The van der Waals surface area contributed by atoms with Gasteiger partial charge in [-0.15, -0.1) is 5.10 Å². The van der Waals surface area contributed by atoms with E-state index in [2.05, 4.69) is 41.9 Å². The Bertz CT molecular complexity index is 667. The Labute approximate surface area is 138 Å². The molecule has 5 heteroatoms. The minimum Gasteiger partial charge on any atom is -0.464 e. The van der Waals surface area contributed by atoms with Gasteiger partial charge in [0.15, 0.2) is 0 Å². The highest BCUT2D eigenvalue weighted by molar-refractivity contribution is 5.36. The van der Waals surface area contributed by atoms with Gasteiger partial charge in [0.2, 0.25) is 5.95 Å². The molecule has 0 aromatic carbocycles. The van der Waals surface area contributed by atoms with E-state index in [-0.39, 0.29) is 6.04 Å². The molecule has 2 atom stereocenters. The topological polar surface area (TPSA) is 55.1 Å². The van der Waals surface area contributed by atoms with Crippen molar-refractivity contribution in [2.24, 2.45) is 5.92 Å². The van der Waals surface area contributed by atoms with Crippen LogP contribution in [0.25, 0.3) is 0 Å². The van der Waals surface area contributed by atoms with E-state index in [1.165, 1.54) is 0 Å². The lowest BCUT2D eigenvalue weighted by Crippen LogP contribution is -2.37. The summed E-state index contributed by atoms with van der Waals surface area (Å²) in [4.78, 5) is 7.07. The quantitative estimate of drug-likeness (QED) is 0.857. The summed E-state index contributed by atoms with van der Waals surface area (Å²) in [5.41, 5.74) is 2.07. The van der Waals surface area contributed by atoms with Crippen molar-refractivity contribution in [1.29, 1.82) is 0 Å². The monoisotopic (exact) mass is 314 g/mol. The fourth-order valence-electron chi connectivity index (χ4n) is 3.33. The van der Waals surface area contributed by atoms with Crippen LogP contribution in [0.5, 0.6) is 0 Å². The van der Waals surface area contributed by atoms with Gasteiger partial charge in [0.05, 0.1) is 17.4 Å². The third kappa shape index (κ3) is 3.23. The first kappa shape index (κ1) is 16.0. The number of furan rings is 1. The zero-order valence-corrected chi connectivity index (χ0v) is 14.5. The van der Waals surface area contributed by atoms with Crippen molar-refractivity contribution >= 4 is 5.95 Å². The first-order chi connectivity index (χ1) is 11.1. The maximum absolute atomic E-state index is 5.91. The maximum atomic E-state index is 5.91. The maximum Gasteiger partial charge on any atom is 0.246 e. The average Bonchev–Trinajstić information content (AvgIpc) is 3.00. The van der Waals surface area contributed by atoms with Crippen molar-refractivity contribution < 1.29 is 4.42 Å². The summed E-state index contributed by atoms with van der Waals surface area (Å²) in [6.07, 6.45) is 3.98. The molecule has 5 nitrogen and oxygen atoms in total. The molecule has 3 rings (SSSR count). The van der Waals surface area contributed by atoms with Crippen LogP contribution in [0.3, 0.4) is 0 Å². The Hall–Kier alpha value is -1.91. The standard InChI is InChI=1S/C18H26N4O/c1-5-14-15(6-2)20-21-18(19-14)22-10-9-12(3)11-16(22)17-8-7-13(4)23-17/h7-8,12,16H,5-6,9-11H2,1-4H3.